The average molecular weight is 227 g/mol. The monoisotopic (exact) mass is 227 g/mol. The molecular formula is C12H21NO3. The highest BCUT2D eigenvalue weighted by Crippen LogP contribution is 2.25. The van der Waals surface area contributed by atoms with Crippen LogP contribution in [0.15, 0.2) is 0 Å². The lowest BCUT2D eigenvalue weighted by molar-refractivity contribution is -0.150. The Kier molecular flexibility index (Phi) is 4.08. The molecular weight excluding hydrogens is 206 g/mol. The Morgan fingerprint density at radius 3 is 2.56 bits per heavy atom. The van der Waals surface area contributed by atoms with Crippen molar-refractivity contribution in [3.05, 3.63) is 0 Å². The number of amides is 1. The van der Waals surface area contributed by atoms with E-state index in [0.717, 1.165) is 12.8 Å². The summed E-state index contributed by atoms with van der Waals surface area (Å²) in [5.74, 6) is -0.765. The van der Waals surface area contributed by atoms with E-state index in [-0.39, 0.29) is 18.4 Å². The fourth-order valence-electron chi connectivity index (χ4n) is 1.87. The number of aliphatic hydroxyl groups is 1. The summed E-state index contributed by atoms with van der Waals surface area (Å²) in [6, 6.07) is -0.163. The SMILES string of the molecule is CCC(C)(C)C(=O)C(=O)N1CCC[C@H]1CO. The number of carbonyl (C=O) groups is 2. The molecule has 1 fully saturated rings. The minimum Gasteiger partial charge on any atom is -0.394 e. The van der Waals surface area contributed by atoms with E-state index in [2.05, 4.69) is 0 Å². The van der Waals surface area contributed by atoms with Crippen LogP contribution >= 0.6 is 0 Å². The van der Waals surface area contributed by atoms with Crippen molar-refractivity contribution < 1.29 is 14.7 Å². The van der Waals surface area contributed by atoms with Crippen molar-refractivity contribution in [2.24, 2.45) is 5.41 Å². The quantitative estimate of drug-likeness (QED) is 0.728. The van der Waals surface area contributed by atoms with Gasteiger partial charge in [-0.15, -0.1) is 0 Å². The number of rotatable bonds is 4. The summed E-state index contributed by atoms with van der Waals surface area (Å²) in [5, 5.41) is 9.12. The molecule has 0 saturated carbocycles. The Bertz CT molecular complexity index is 286. The number of ketones is 1. The van der Waals surface area contributed by atoms with E-state index < -0.39 is 11.3 Å². The van der Waals surface area contributed by atoms with E-state index in [1.807, 2.05) is 6.92 Å². The van der Waals surface area contributed by atoms with E-state index >= 15 is 0 Å². The molecule has 1 aliphatic heterocycles. The van der Waals surface area contributed by atoms with Gasteiger partial charge in [0.2, 0.25) is 5.78 Å². The van der Waals surface area contributed by atoms with Crippen LogP contribution in [-0.2, 0) is 9.59 Å². The van der Waals surface area contributed by atoms with Crippen molar-refractivity contribution in [3.63, 3.8) is 0 Å². The van der Waals surface area contributed by atoms with Gasteiger partial charge in [0.25, 0.3) is 5.91 Å². The van der Waals surface area contributed by atoms with Crippen LogP contribution in [0.2, 0.25) is 0 Å². The zero-order valence-corrected chi connectivity index (χ0v) is 10.3. The van der Waals surface area contributed by atoms with Gasteiger partial charge in [-0.25, -0.2) is 0 Å². The van der Waals surface area contributed by atoms with Crippen molar-refractivity contribution in [2.75, 3.05) is 13.2 Å². The molecule has 0 aromatic heterocycles. The highest BCUT2D eigenvalue weighted by molar-refractivity contribution is 6.38. The first-order valence-electron chi connectivity index (χ1n) is 5.90. The first-order chi connectivity index (χ1) is 7.44. The number of carbonyl (C=O) groups excluding carboxylic acids is 2. The molecule has 0 unspecified atom stereocenters. The number of nitrogens with zero attached hydrogens (tertiary/aromatic N) is 1. The van der Waals surface area contributed by atoms with E-state index in [4.69, 9.17) is 5.11 Å². The van der Waals surface area contributed by atoms with Gasteiger partial charge in [0, 0.05) is 12.0 Å². The summed E-state index contributed by atoms with van der Waals surface area (Å²) >= 11 is 0. The van der Waals surface area contributed by atoms with Crippen LogP contribution in [0, 0.1) is 5.41 Å². The molecule has 1 aliphatic rings. The Hall–Kier alpha value is -0.900. The molecule has 0 aliphatic carbocycles. The maximum atomic E-state index is 12.0. The smallest absolute Gasteiger partial charge is 0.290 e. The molecule has 1 amide bonds. The van der Waals surface area contributed by atoms with Crippen LogP contribution in [-0.4, -0.2) is 40.9 Å². The molecule has 0 aromatic carbocycles. The summed E-state index contributed by atoms with van der Waals surface area (Å²) in [6.45, 7) is 6.02. The fourth-order valence-corrected chi connectivity index (χ4v) is 1.87. The van der Waals surface area contributed by atoms with E-state index in [1.54, 1.807) is 13.8 Å². The lowest BCUT2D eigenvalue weighted by atomic mass is 9.84. The molecule has 1 heterocycles. The predicted octanol–water partition coefficient (Wildman–Crippen LogP) is 0.975. The van der Waals surface area contributed by atoms with Gasteiger partial charge in [0.1, 0.15) is 0 Å². The van der Waals surface area contributed by atoms with Crippen molar-refractivity contribution in [1.29, 1.82) is 0 Å². The summed E-state index contributed by atoms with van der Waals surface area (Å²) in [5.41, 5.74) is -0.598. The van der Waals surface area contributed by atoms with Gasteiger partial charge in [0.15, 0.2) is 0 Å². The molecule has 0 spiro atoms. The van der Waals surface area contributed by atoms with E-state index in [1.165, 1.54) is 4.90 Å². The molecule has 16 heavy (non-hydrogen) atoms. The number of Topliss-reactive ketones (excluding diaryl/α,β-unsaturated/α-hetero) is 1. The van der Waals surface area contributed by atoms with Gasteiger partial charge in [0.05, 0.1) is 12.6 Å². The van der Waals surface area contributed by atoms with Crippen LogP contribution in [0.5, 0.6) is 0 Å². The normalized spacial score (nSPS) is 21.2. The standard InChI is InChI=1S/C12H21NO3/c1-4-12(2,3)10(15)11(16)13-7-5-6-9(13)8-14/h9,14H,4-8H2,1-3H3/t9-/m0/s1. The zero-order chi connectivity index (χ0) is 12.3. The molecule has 92 valence electrons. The highest BCUT2D eigenvalue weighted by atomic mass is 16.3. The van der Waals surface area contributed by atoms with Gasteiger partial charge in [-0.05, 0) is 19.3 Å². The summed E-state index contributed by atoms with van der Waals surface area (Å²) in [4.78, 5) is 25.5. The van der Waals surface area contributed by atoms with Crippen molar-refractivity contribution in [1.82, 2.24) is 4.90 Å². The summed E-state index contributed by atoms with van der Waals surface area (Å²) in [6.07, 6.45) is 2.31. The maximum absolute atomic E-state index is 12.0. The molecule has 1 atom stereocenters. The van der Waals surface area contributed by atoms with E-state index in [9.17, 15) is 9.59 Å². The van der Waals surface area contributed by atoms with Gasteiger partial charge in [-0.1, -0.05) is 20.8 Å². The Labute approximate surface area is 96.6 Å². The van der Waals surface area contributed by atoms with Gasteiger partial charge >= 0.3 is 0 Å². The second kappa shape index (κ2) is 4.95. The zero-order valence-electron chi connectivity index (χ0n) is 10.3. The third kappa shape index (κ3) is 2.43. The maximum Gasteiger partial charge on any atom is 0.290 e. The molecule has 0 aromatic rings. The second-order valence-electron chi connectivity index (χ2n) is 5.04. The average Bonchev–Trinajstić information content (AvgIpc) is 2.74. The lowest BCUT2D eigenvalue weighted by Gasteiger charge is -2.27. The third-order valence-electron chi connectivity index (χ3n) is 3.54. The second-order valence-corrected chi connectivity index (χ2v) is 5.04. The van der Waals surface area contributed by atoms with Crippen molar-refractivity contribution >= 4 is 11.7 Å². The number of likely N-dealkylation sites (tertiary alicyclic amines) is 1. The first kappa shape index (κ1) is 13.2. The van der Waals surface area contributed by atoms with Crippen LogP contribution in [0.3, 0.4) is 0 Å². The number of hydrogen-bond donors (Lipinski definition) is 1. The minimum absolute atomic E-state index is 0.0500. The molecule has 1 saturated heterocycles. The first-order valence-corrected chi connectivity index (χ1v) is 5.90. The lowest BCUT2D eigenvalue weighted by Crippen LogP contribution is -2.45. The molecule has 1 rings (SSSR count). The van der Waals surface area contributed by atoms with Crippen LogP contribution in [0.1, 0.15) is 40.0 Å². The van der Waals surface area contributed by atoms with Crippen LogP contribution in [0.4, 0.5) is 0 Å². The predicted molar refractivity (Wildman–Crippen MR) is 60.9 cm³/mol. The Balaban J connectivity index is 2.74. The number of aliphatic hydroxyl groups excluding tert-OH is 1. The Morgan fingerprint density at radius 2 is 2.06 bits per heavy atom. The number of hydrogen-bond acceptors (Lipinski definition) is 3. The highest BCUT2D eigenvalue weighted by Gasteiger charge is 2.38. The van der Waals surface area contributed by atoms with Crippen LogP contribution in [0.25, 0.3) is 0 Å². The molecule has 0 bridgehead atoms. The van der Waals surface area contributed by atoms with Gasteiger partial charge in [-0.3, -0.25) is 9.59 Å². The molecule has 1 N–H and O–H groups in total. The van der Waals surface area contributed by atoms with Gasteiger partial charge in [-0.2, -0.15) is 0 Å². The van der Waals surface area contributed by atoms with Crippen LogP contribution < -0.4 is 0 Å². The molecule has 0 radical (unpaired) electrons. The largest absolute Gasteiger partial charge is 0.394 e. The third-order valence-corrected chi connectivity index (χ3v) is 3.54. The minimum atomic E-state index is -0.598. The Morgan fingerprint density at radius 1 is 1.44 bits per heavy atom. The molecule has 4 heteroatoms. The fraction of sp³-hybridized carbons (Fsp3) is 0.833. The van der Waals surface area contributed by atoms with Crippen molar-refractivity contribution in [2.45, 2.75) is 46.1 Å². The summed E-state index contributed by atoms with van der Waals surface area (Å²) in [7, 11) is 0. The topological polar surface area (TPSA) is 57.6 Å². The van der Waals surface area contributed by atoms with Gasteiger partial charge < -0.3 is 10.0 Å². The molecule has 4 nitrogen and oxygen atoms in total. The van der Waals surface area contributed by atoms with Crippen molar-refractivity contribution in [3.8, 4) is 0 Å². The van der Waals surface area contributed by atoms with E-state index in [0.29, 0.717) is 13.0 Å². The summed E-state index contributed by atoms with van der Waals surface area (Å²) < 4.78 is 0.